The van der Waals surface area contributed by atoms with E-state index in [1.54, 1.807) is 18.2 Å². The van der Waals surface area contributed by atoms with Gasteiger partial charge in [-0.3, -0.25) is 9.59 Å². The first-order chi connectivity index (χ1) is 13.5. The smallest absolute Gasteiger partial charge is 0.262 e. The summed E-state index contributed by atoms with van der Waals surface area (Å²) in [6, 6.07) is 13.1. The van der Waals surface area contributed by atoms with E-state index in [1.807, 2.05) is 42.8 Å². The van der Waals surface area contributed by atoms with Gasteiger partial charge in [0.1, 0.15) is 5.75 Å². The number of fused-ring (bicyclic) bond motifs is 1. The molecule has 0 bridgehead atoms. The van der Waals surface area contributed by atoms with E-state index in [0.29, 0.717) is 22.2 Å². The molecule has 2 heterocycles. The molecule has 4 rings (SSSR count). The minimum atomic E-state index is -0.228. The number of nitrogens with zero attached hydrogens (tertiary/aromatic N) is 3. The number of Topliss-reactive ketones (excluding diaryl/α,β-unsaturated/α-hetero) is 1. The number of thioether (sulfide) groups is 1. The number of ketones is 1. The quantitative estimate of drug-likeness (QED) is 0.529. The maximum absolute atomic E-state index is 12.6. The first-order valence-corrected chi connectivity index (χ1v) is 9.69. The molecule has 1 amide bonds. The Hall–Kier alpha value is -3.13. The highest BCUT2D eigenvalue weighted by Crippen LogP contribution is 2.29. The zero-order valence-electron chi connectivity index (χ0n) is 15.4. The van der Waals surface area contributed by atoms with Gasteiger partial charge in [0, 0.05) is 18.2 Å². The lowest BCUT2D eigenvalue weighted by Gasteiger charge is -2.18. The lowest BCUT2D eigenvalue weighted by Crippen LogP contribution is -2.25. The topological polar surface area (TPSA) is 86.1 Å². The van der Waals surface area contributed by atoms with E-state index in [-0.39, 0.29) is 24.1 Å². The van der Waals surface area contributed by atoms with Gasteiger partial charge in [0.05, 0.1) is 11.4 Å². The van der Waals surface area contributed by atoms with Crippen molar-refractivity contribution in [2.45, 2.75) is 12.1 Å². The second kappa shape index (κ2) is 7.47. The van der Waals surface area contributed by atoms with Crippen molar-refractivity contribution in [2.24, 2.45) is 7.05 Å². The molecular formula is C20H18N4O3S. The molecule has 1 aromatic heterocycles. The third-order valence-corrected chi connectivity index (χ3v) is 5.43. The van der Waals surface area contributed by atoms with Crippen molar-refractivity contribution in [1.29, 1.82) is 0 Å². The van der Waals surface area contributed by atoms with Crippen molar-refractivity contribution >= 4 is 29.1 Å². The number of anilines is 1. The summed E-state index contributed by atoms with van der Waals surface area (Å²) in [7, 11) is 1.88. The van der Waals surface area contributed by atoms with Crippen LogP contribution in [0, 0.1) is 6.92 Å². The second-order valence-electron chi connectivity index (χ2n) is 6.49. The summed E-state index contributed by atoms with van der Waals surface area (Å²) in [6.45, 7) is 2.03. The Balaban J connectivity index is 1.46. The van der Waals surface area contributed by atoms with Gasteiger partial charge < -0.3 is 14.6 Å². The van der Waals surface area contributed by atoms with Crippen molar-refractivity contribution in [3.63, 3.8) is 0 Å². The van der Waals surface area contributed by atoms with E-state index in [2.05, 4.69) is 15.5 Å². The van der Waals surface area contributed by atoms with Crippen LogP contribution in [0.5, 0.6) is 5.75 Å². The largest absolute Gasteiger partial charge is 0.482 e. The van der Waals surface area contributed by atoms with Crippen LogP contribution >= 0.6 is 11.8 Å². The number of hydrogen-bond donors (Lipinski definition) is 1. The Morgan fingerprint density at radius 1 is 1.21 bits per heavy atom. The van der Waals surface area contributed by atoms with Crippen LogP contribution in [0.1, 0.15) is 15.9 Å². The standard InChI is InChI=1S/C20H18N4O3S/c1-12-3-5-13(6-4-12)19-22-23-20(24(19)2)28-11-16(25)14-7-8-17-15(9-14)21-18(26)10-27-17/h3-9H,10-11H2,1-2H3,(H,21,26). The lowest BCUT2D eigenvalue weighted by atomic mass is 10.1. The molecule has 2 aromatic carbocycles. The molecule has 28 heavy (non-hydrogen) atoms. The second-order valence-corrected chi connectivity index (χ2v) is 7.43. The number of aromatic nitrogens is 3. The average Bonchev–Trinajstić information content (AvgIpc) is 3.06. The predicted molar refractivity (Wildman–Crippen MR) is 107 cm³/mol. The molecule has 0 unspecified atom stereocenters. The molecule has 0 atom stereocenters. The summed E-state index contributed by atoms with van der Waals surface area (Å²) >= 11 is 1.33. The third-order valence-electron chi connectivity index (χ3n) is 4.41. The Morgan fingerprint density at radius 2 is 2.00 bits per heavy atom. The van der Waals surface area contributed by atoms with Crippen LogP contribution in [0.25, 0.3) is 11.4 Å². The molecule has 1 aliphatic heterocycles. The molecule has 7 nitrogen and oxygen atoms in total. The van der Waals surface area contributed by atoms with Gasteiger partial charge in [0.15, 0.2) is 23.4 Å². The van der Waals surface area contributed by atoms with Crippen molar-refractivity contribution in [3.05, 3.63) is 53.6 Å². The molecule has 0 fully saturated rings. The van der Waals surface area contributed by atoms with Crippen molar-refractivity contribution in [2.75, 3.05) is 17.7 Å². The number of hydrogen-bond acceptors (Lipinski definition) is 6. The molecule has 0 saturated carbocycles. The van der Waals surface area contributed by atoms with Gasteiger partial charge in [-0.2, -0.15) is 0 Å². The van der Waals surface area contributed by atoms with Crippen LogP contribution in [0.4, 0.5) is 5.69 Å². The zero-order chi connectivity index (χ0) is 19.7. The van der Waals surface area contributed by atoms with Gasteiger partial charge in [0.2, 0.25) is 0 Å². The summed E-state index contributed by atoms with van der Waals surface area (Å²) < 4.78 is 7.20. The van der Waals surface area contributed by atoms with Crippen molar-refractivity contribution < 1.29 is 14.3 Å². The van der Waals surface area contributed by atoms with Gasteiger partial charge in [-0.25, -0.2) is 0 Å². The highest BCUT2D eigenvalue weighted by Gasteiger charge is 2.19. The molecule has 3 aromatic rings. The van der Waals surface area contributed by atoms with Gasteiger partial charge in [0.25, 0.3) is 5.91 Å². The average molecular weight is 394 g/mol. The van der Waals surface area contributed by atoms with E-state index in [0.717, 1.165) is 11.4 Å². The maximum atomic E-state index is 12.6. The van der Waals surface area contributed by atoms with E-state index >= 15 is 0 Å². The monoisotopic (exact) mass is 394 g/mol. The first kappa shape index (κ1) is 18.2. The maximum Gasteiger partial charge on any atom is 0.262 e. The Morgan fingerprint density at radius 3 is 2.79 bits per heavy atom. The summed E-state index contributed by atoms with van der Waals surface area (Å²) in [5.41, 5.74) is 3.19. The molecule has 1 N–H and O–H groups in total. The van der Waals surface area contributed by atoms with Crippen LogP contribution in [-0.2, 0) is 11.8 Å². The van der Waals surface area contributed by atoms with Gasteiger partial charge in [-0.15, -0.1) is 10.2 Å². The number of nitrogens with one attached hydrogen (secondary N) is 1. The minimum absolute atomic E-state index is 0.00831. The molecule has 0 radical (unpaired) electrons. The van der Waals surface area contributed by atoms with Crippen LogP contribution in [0.3, 0.4) is 0 Å². The summed E-state index contributed by atoms with van der Waals surface area (Å²) in [6.07, 6.45) is 0. The van der Waals surface area contributed by atoms with Crippen LogP contribution in [0.15, 0.2) is 47.6 Å². The minimum Gasteiger partial charge on any atom is -0.482 e. The van der Waals surface area contributed by atoms with Gasteiger partial charge in [-0.05, 0) is 25.1 Å². The Bertz CT molecular complexity index is 1060. The van der Waals surface area contributed by atoms with Crippen LogP contribution < -0.4 is 10.1 Å². The van der Waals surface area contributed by atoms with E-state index in [9.17, 15) is 9.59 Å². The fourth-order valence-electron chi connectivity index (χ4n) is 2.86. The van der Waals surface area contributed by atoms with E-state index in [4.69, 9.17) is 4.74 Å². The summed E-state index contributed by atoms with van der Waals surface area (Å²) in [4.78, 5) is 24.0. The predicted octanol–water partition coefficient (Wildman–Crippen LogP) is 3.10. The molecular weight excluding hydrogens is 376 g/mol. The zero-order valence-corrected chi connectivity index (χ0v) is 16.2. The van der Waals surface area contributed by atoms with Crippen LogP contribution in [0.2, 0.25) is 0 Å². The van der Waals surface area contributed by atoms with Gasteiger partial charge in [-0.1, -0.05) is 41.6 Å². The highest BCUT2D eigenvalue weighted by molar-refractivity contribution is 7.99. The molecule has 1 aliphatic rings. The third kappa shape index (κ3) is 3.63. The lowest BCUT2D eigenvalue weighted by molar-refractivity contribution is -0.118. The number of amides is 1. The number of ether oxygens (including phenoxy) is 1. The highest BCUT2D eigenvalue weighted by atomic mass is 32.2. The fourth-order valence-corrected chi connectivity index (χ4v) is 3.67. The van der Waals surface area contributed by atoms with Crippen molar-refractivity contribution in [1.82, 2.24) is 14.8 Å². The number of aryl methyl sites for hydroxylation is 1. The summed E-state index contributed by atoms with van der Waals surface area (Å²) in [5.74, 6) is 1.25. The molecule has 0 saturated heterocycles. The SMILES string of the molecule is Cc1ccc(-c2nnc(SCC(=O)c3ccc4c(c3)NC(=O)CO4)n2C)cc1. The molecule has 0 aliphatic carbocycles. The normalized spacial score (nSPS) is 12.9. The van der Waals surface area contributed by atoms with Crippen LogP contribution in [-0.4, -0.2) is 38.8 Å². The first-order valence-electron chi connectivity index (χ1n) is 8.70. The molecule has 142 valence electrons. The van der Waals surface area contributed by atoms with Gasteiger partial charge >= 0.3 is 0 Å². The Kier molecular flexibility index (Phi) is 4.87. The van der Waals surface area contributed by atoms with Crippen molar-refractivity contribution in [3.8, 4) is 17.1 Å². The van der Waals surface area contributed by atoms with E-state index < -0.39 is 0 Å². The molecule has 0 spiro atoms. The molecule has 8 heteroatoms. The number of carbonyl (C=O) groups excluding carboxylic acids is 2. The summed E-state index contributed by atoms with van der Waals surface area (Å²) in [5, 5.41) is 11.8. The fraction of sp³-hybridized carbons (Fsp3) is 0.200. The number of rotatable bonds is 5. The number of carbonyl (C=O) groups is 2. The number of benzene rings is 2. The van der Waals surface area contributed by atoms with E-state index in [1.165, 1.54) is 17.3 Å². The Labute approximate surface area is 166 Å².